The molecule has 0 bridgehead atoms. The summed E-state index contributed by atoms with van der Waals surface area (Å²) < 4.78 is 14.4. The van der Waals surface area contributed by atoms with E-state index in [9.17, 15) is 14.0 Å². The van der Waals surface area contributed by atoms with Gasteiger partial charge in [0.1, 0.15) is 5.82 Å². The average Bonchev–Trinajstić information content (AvgIpc) is 3.34. The van der Waals surface area contributed by atoms with Crippen LogP contribution in [0.4, 0.5) is 10.1 Å². The van der Waals surface area contributed by atoms with Crippen LogP contribution in [0.15, 0.2) is 41.3 Å². The Kier molecular flexibility index (Phi) is 4.45. The van der Waals surface area contributed by atoms with E-state index >= 15 is 0 Å². The number of nitrogens with one attached hydrogen (secondary N) is 1. The van der Waals surface area contributed by atoms with E-state index in [0.29, 0.717) is 12.5 Å². The molecule has 1 saturated heterocycles. The number of nitrogens with zero attached hydrogens (tertiary/aromatic N) is 3. The van der Waals surface area contributed by atoms with Crippen molar-refractivity contribution in [2.75, 3.05) is 24.5 Å². The Balaban J connectivity index is 1.34. The van der Waals surface area contributed by atoms with E-state index in [2.05, 4.69) is 15.3 Å². The normalized spacial score (nSPS) is 20.5. The van der Waals surface area contributed by atoms with E-state index in [-0.39, 0.29) is 17.3 Å². The number of aromatic nitrogens is 2. The summed E-state index contributed by atoms with van der Waals surface area (Å²) in [6, 6.07) is 7.84. The molecule has 2 heterocycles. The molecule has 2 fully saturated rings. The second-order valence-corrected chi connectivity index (χ2v) is 7.58. The minimum absolute atomic E-state index is 0.0304. The number of rotatable bonds is 5. The highest BCUT2D eigenvalue weighted by Crippen LogP contribution is 2.48. The van der Waals surface area contributed by atoms with Crippen LogP contribution in [-0.4, -0.2) is 35.3 Å². The van der Waals surface area contributed by atoms with E-state index in [4.69, 9.17) is 0 Å². The third-order valence-corrected chi connectivity index (χ3v) is 5.74. The Bertz CT molecular complexity index is 905. The highest BCUT2D eigenvalue weighted by atomic mass is 19.1. The molecule has 0 unspecified atom stereocenters. The molecule has 7 heteroatoms. The molecule has 1 atom stereocenters. The van der Waals surface area contributed by atoms with Crippen LogP contribution in [-0.2, 0) is 17.3 Å². The van der Waals surface area contributed by atoms with Crippen molar-refractivity contribution in [3.63, 3.8) is 0 Å². The fraction of sp³-hybridized carbons (Fsp3) is 0.450. The largest absolute Gasteiger partial charge is 0.370 e. The van der Waals surface area contributed by atoms with E-state index in [1.165, 1.54) is 16.8 Å². The number of amides is 1. The molecule has 142 valence electrons. The standard InChI is InChI=1S/C20H23FN4O2/c1-24-18(26)10-17(12-23-24)25-9-6-14(13-25)11-22-19(27)20(7-8-20)15-2-4-16(21)5-3-15/h2-5,10,12,14H,6-9,11,13H2,1H3,(H,22,27)/t14-/m1/s1. The topological polar surface area (TPSA) is 67.2 Å². The van der Waals surface area contributed by atoms with Gasteiger partial charge in [-0.05, 0) is 42.9 Å². The molecular formula is C20H23FN4O2. The van der Waals surface area contributed by atoms with Gasteiger partial charge in [-0.3, -0.25) is 9.59 Å². The van der Waals surface area contributed by atoms with Gasteiger partial charge in [0.25, 0.3) is 5.56 Å². The molecular weight excluding hydrogens is 347 g/mol. The number of carbonyl (C=O) groups is 1. The summed E-state index contributed by atoms with van der Waals surface area (Å²) in [5, 5.41) is 7.16. The third kappa shape index (κ3) is 3.46. The highest BCUT2D eigenvalue weighted by molar-refractivity contribution is 5.91. The Labute approximate surface area is 157 Å². The zero-order valence-corrected chi connectivity index (χ0v) is 15.3. The predicted molar refractivity (Wildman–Crippen MR) is 100 cm³/mol. The van der Waals surface area contributed by atoms with E-state index in [0.717, 1.165) is 43.6 Å². The molecule has 2 aliphatic rings. The summed E-state index contributed by atoms with van der Waals surface area (Å²) in [5.74, 6) is 0.0797. The molecule has 0 radical (unpaired) electrons. The number of hydrogen-bond acceptors (Lipinski definition) is 4. The lowest BCUT2D eigenvalue weighted by molar-refractivity contribution is -0.123. The van der Waals surface area contributed by atoms with Crippen molar-refractivity contribution >= 4 is 11.6 Å². The summed E-state index contributed by atoms with van der Waals surface area (Å²) in [4.78, 5) is 26.6. The van der Waals surface area contributed by atoms with Gasteiger partial charge in [-0.15, -0.1) is 0 Å². The quantitative estimate of drug-likeness (QED) is 0.868. The molecule has 27 heavy (non-hydrogen) atoms. The molecule has 1 aliphatic heterocycles. The lowest BCUT2D eigenvalue weighted by Gasteiger charge is -2.20. The summed E-state index contributed by atoms with van der Waals surface area (Å²) in [6.07, 6.45) is 4.27. The van der Waals surface area contributed by atoms with Crippen molar-refractivity contribution in [3.8, 4) is 0 Å². The Hall–Kier alpha value is -2.70. The first-order valence-electron chi connectivity index (χ1n) is 9.31. The minimum atomic E-state index is -0.485. The Morgan fingerprint density at radius 1 is 1.33 bits per heavy atom. The van der Waals surface area contributed by atoms with Crippen molar-refractivity contribution in [1.82, 2.24) is 15.1 Å². The fourth-order valence-electron chi connectivity index (χ4n) is 3.81. The number of hydrogen-bond donors (Lipinski definition) is 1. The van der Waals surface area contributed by atoms with Crippen LogP contribution in [0.3, 0.4) is 0 Å². The molecule has 4 rings (SSSR count). The van der Waals surface area contributed by atoms with E-state index in [1.54, 1.807) is 31.4 Å². The molecule has 1 aromatic heterocycles. The smallest absolute Gasteiger partial charge is 0.268 e. The maximum atomic E-state index is 13.1. The first kappa shape index (κ1) is 17.7. The average molecular weight is 370 g/mol. The van der Waals surface area contributed by atoms with Gasteiger partial charge in [0.15, 0.2) is 0 Å². The first-order valence-corrected chi connectivity index (χ1v) is 9.31. The summed E-state index contributed by atoms with van der Waals surface area (Å²) >= 11 is 0. The molecule has 6 nitrogen and oxygen atoms in total. The monoisotopic (exact) mass is 370 g/mol. The highest BCUT2D eigenvalue weighted by Gasteiger charge is 2.51. The molecule has 0 spiro atoms. The second kappa shape index (κ2) is 6.79. The molecule has 2 aromatic rings. The number of anilines is 1. The van der Waals surface area contributed by atoms with Crippen LogP contribution >= 0.6 is 0 Å². The van der Waals surface area contributed by atoms with Gasteiger partial charge in [-0.2, -0.15) is 5.10 Å². The van der Waals surface area contributed by atoms with Gasteiger partial charge < -0.3 is 10.2 Å². The Morgan fingerprint density at radius 3 is 2.74 bits per heavy atom. The van der Waals surface area contributed by atoms with Crippen molar-refractivity contribution in [2.24, 2.45) is 13.0 Å². The van der Waals surface area contributed by atoms with Crippen LogP contribution in [0.5, 0.6) is 0 Å². The van der Waals surface area contributed by atoms with Gasteiger partial charge >= 0.3 is 0 Å². The number of aryl methyl sites for hydroxylation is 1. The fourth-order valence-corrected chi connectivity index (χ4v) is 3.81. The Morgan fingerprint density at radius 2 is 2.07 bits per heavy atom. The van der Waals surface area contributed by atoms with Crippen molar-refractivity contribution in [1.29, 1.82) is 0 Å². The van der Waals surface area contributed by atoms with Gasteiger partial charge in [-0.1, -0.05) is 12.1 Å². The van der Waals surface area contributed by atoms with Crippen molar-refractivity contribution in [2.45, 2.75) is 24.7 Å². The summed E-state index contributed by atoms with van der Waals surface area (Å²) in [5.41, 5.74) is 1.11. The van der Waals surface area contributed by atoms with E-state index < -0.39 is 5.41 Å². The zero-order valence-electron chi connectivity index (χ0n) is 15.3. The molecule has 1 aromatic carbocycles. The van der Waals surface area contributed by atoms with Gasteiger partial charge in [0.05, 0.1) is 17.3 Å². The minimum Gasteiger partial charge on any atom is -0.370 e. The van der Waals surface area contributed by atoms with Gasteiger partial charge in [0.2, 0.25) is 5.91 Å². The van der Waals surface area contributed by atoms with Gasteiger partial charge in [0, 0.05) is 32.7 Å². The van der Waals surface area contributed by atoms with Crippen LogP contribution in [0.1, 0.15) is 24.8 Å². The number of carbonyl (C=O) groups excluding carboxylic acids is 1. The van der Waals surface area contributed by atoms with Crippen LogP contribution in [0, 0.1) is 11.7 Å². The maximum absolute atomic E-state index is 13.1. The summed E-state index contributed by atoms with van der Waals surface area (Å²) in [6.45, 7) is 2.24. The van der Waals surface area contributed by atoms with Crippen LogP contribution < -0.4 is 15.8 Å². The molecule has 1 saturated carbocycles. The van der Waals surface area contributed by atoms with Crippen molar-refractivity contribution < 1.29 is 9.18 Å². The van der Waals surface area contributed by atoms with E-state index in [1.807, 2.05) is 0 Å². The molecule has 1 N–H and O–H groups in total. The number of halogens is 1. The molecule has 1 aliphatic carbocycles. The lowest BCUT2D eigenvalue weighted by Crippen LogP contribution is -2.38. The number of benzene rings is 1. The van der Waals surface area contributed by atoms with Gasteiger partial charge in [-0.25, -0.2) is 9.07 Å². The summed E-state index contributed by atoms with van der Waals surface area (Å²) in [7, 11) is 1.63. The SMILES string of the molecule is Cn1ncc(N2CC[C@H](CNC(=O)C3(c4ccc(F)cc4)CC3)C2)cc1=O. The van der Waals surface area contributed by atoms with Crippen LogP contribution in [0.2, 0.25) is 0 Å². The second-order valence-electron chi connectivity index (χ2n) is 7.58. The predicted octanol–water partition coefficient (Wildman–Crippen LogP) is 1.59. The maximum Gasteiger partial charge on any atom is 0.268 e. The van der Waals surface area contributed by atoms with Crippen LogP contribution in [0.25, 0.3) is 0 Å². The first-order chi connectivity index (χ1) is 13.0. The molecule has 1 amide bonds. The zero-order chi connectivity index (χ0) is 19.0. The lowest BCUT2D eigenvalue weighted by atomic mass is 9.94. The van der Waals surface area contributed by atoms with Crippen molar-refractivity contribution in [3.05, 3.63) is 58.3 Å². The third-order valence-electron chi connectivity index (χ3n) is 5.74.